The number of hydrogen-bond donors (Lipinski definition) is 0. The van der Waals surface area contributed by atoms with Crippen LogP contribution in [0.5, 0.6) is 0 Å². The molecule has 0 spiro atoms. The van der Waals surface area contributed by atoms with Gasteiger partial charge in [-0.05, 0) is 42.4 Å². The molecule has 0 heteroatoms. The van der Waals surface area contributed by atoms with Crippen molar-refractivity contribution < 1.29 is 0 Å². The lowest BCUT2D eigenvalue weighted by Crippen LogP contribution is -1.95. The van der Waals surface area contributed by atoms with E-state index in [1.54, 1.807) is 5.57 Å². The molecule has 15 heavy (non-hydrogen) atoms. The predicted octanol–water partition coefficient (Wildman–Crippen LogP) is 4.47. The van der Waals surface area contributed by atoms with E-state index in [-0.39, 0.29) is 0 Å². The minimum atomic E-state index is 0.631. The van der Waals surface area contributed by atoms with Crippen molar-refractivity contribution in [3.63, 3.8) is 0 Å². The summed E-state index contributed by atoms with van der Waals surface area (Å²) >= 11 is 0. The van der Waals surface area contributed by atoms with Crippen LogP contribution in [-0.4, -0.2) is 0 Å². The average Bonchev–Trinajstić information content (AvgIpc) is 2.58. The van der Waals surface area contributed by atoms with Crippen molar-refractivity contribution >= 4 is 6.08 Å². The van der Waals surface area contributed by atoms with Crippen molar-refractivity contribution in [2.24, 2.45) is 0 Å². The summed E-state index contributed by atoms with van der Waals surface area (Å²) in [6.45, 7) is 9.02. The second-order valence-corrected chi connectivity index (χ2v) is 4.91. The Morgan fingerprint density at radius 1 is 1.27 bits per heavy atom. The number of benzene rings is 1. The second-order valence-electron chi connectivity index (χ2n) is 4.91. The summed E-state index contributed by atoms with van der Waals surface area (Å²) in [5.74, 6) is 0.631. The Morgan fingerprint density at radius 2 is 2.00 bits per heavy atom. The maximum Gasteiger partial charge on any atom is -0.00577 e. The topological polar surface area (TPSA) is 0 Å². The van der Waals surface area contributed by atoms with Gasteiger partial charge in [0.1, 0.15) is 0 Å². The molecule has 0 saturated carbocycles. The quantitative estimate of drug-likeness (QED) is 0.661. The van der Waals surface area contributed by atoms with Crippen LogP contribution in [0.1, 0.15) is 55.4 Å². The van der Waals surface area contributed by atoms with Crippen LogP contribution in [0, 0.1) is 6.92 Å². The van der Waals surface area contributed by atoms with Crippen LogP contribution in [0.4, 0.5) is 0 Å². The molecule has 0 radical (unpaired) electrons. The molecule has 80 valence electrons. The maximum absolute atomic E-state index is 2.41. The fourth-order valence-electron chi connectivity index (χ4n) is 2.43. The fraction of sp³-hybridized carbons (Fsp3) is 0.467. The van der Waals surface area contributed by atoms with Gasteiger partial charge in [-0.1, -0.05) is 50.1 Å². The third-order valence-electron chi connectivity index (χ3n) is 3.28. The zero-order valence-electron chi connectivity index (χ0n) is 10.2. The van der Waals surface area contributed by atoms with E-state index >= 15 is 0 Å². The molecule has 0 atom stereocenters. The number of hydrogen-bond acceptors (Lipinski definition) is 0. The molecular formula is C15H20. The normalized spacial score (nSPS) is 14.3. The van der Waals surface area contributed by atoms with Gasteiger partial charge in [0, 0.05) is 0 Å². The lowest BCUT2D eigenvalue weighted by atomic mass is 9.93. The molecule has 0 unspecified atom stereocenters. The highest BCUT2D eigenvalue weighted by molar-refractivity contribution is 5.68. The maximum atomic E-state index is 2.41. The highest BCUT2D eigenvalue weighted by Crippen LogP contribution is 2.33. The van der Waals surface area contributed by atoms with Gasteiger partial charge in [-0.2, -0.15) is 0 Å². The molecule has 0 aliphatic heterocycles. The van der Waals surface area contributed by atoms with Gasteiger partial charge in [0.15, 0.2) is 0 Å². The second kappa shape index (κ2) is 3.84. The van der Waals surface area contributed by atoms with Crippen LogP contribution in [0.15, 0.2) is 17.7 Å². The molecule has 0 aromatic heterocycles. The van der Waals surface area contributed by atoms with E-state index in [0.717, 1.165) is 0 Å². The molecule has 1 aliphatic carbocycles. The number of fused-ring (bicyclic) bond motifs is 1. The largest absolute Gasteiger partial charge is 0.0655 e. The van der Waals surface area contributed by atoms with Crippen molar-refractivity contribution in [1.82, 2.24) is 0 Å². The van der Waals surface area contributed by atoms with Crippen LogP contribution in [-0.2, 0) is 6.42 Å². The third kappa shape index (κ3) is 1.86. The first-order valence-electron chi connectivity index (χ1n) is 5.94. The van der Waals surface area contributed by atoms with E-state index in [1.165, 1.54) is 35.1 Å². The van der Waals surface area contributed by atoms with Crippen molar-refractivity contribution in [1.29, 1.82) is 0 Å². The minimum Gasteiger partial charge on any atom is -0.0655 e. The zero-order valence-corrected chi connectivity index (χ0v) is 10.2. The third-order valence-corrected chi connectivity index (χ3v) is 3.28. The van der Waals surface area contributed by atoms with Gasteiger partial charge >= 0.3 is 0 Å². The SMILES string of the molecule is CCC1=Cc2c(cc(C)cc2C(C)C)C1. The number of allylic oxidation sites excluding steroid dienone is 1. The lowest BCUT2D eigenvalue weighted by Gasteiger charge is -2.12. The number of rotatable bonds is 2. The summed E-state index contributed by atoms with van der Waals surface area (Å²) in [7, 11) is 0. The molecule has 0 saturated heterocycles. The van der Waals surface area contributed by atoms with Crippen molar-refractivity contribution in [2.75, 3.05) is 0 Å². The monoisotopic (exact) mass is 200 g/mol. The Bertz CT molecular complexity index is 408. The Hall–Kier alpha value is -1.04. The van der Waals surface area contributed by atoms with Gasteiger partial charge in [0.25, 0.3) is 0 Å². The summed E-state index contributed by atoms with van der Waals surface area (Å²) in [5, 5.41) is 0. The van der Waals surface area contributed by atoms with E-state index in [1.807, 2.05) is 0 Å². The first-order valence-corrected chi connectivity index (χ1v) is 5.94. The van der Waals surface area contributed by atoms with Gasteiger partial charge < -0.3 is 0 Å². The standard InChI is InChI=1S/C15H20/c1-5-12-8-13-6-11(4)7-14(10(2)3)15(13)9-12/h6-7,9-10H,5,8H2,1-4H3. The molecule has 0 N–H and O–H groups in total. The van der Waals surface area contributed by atoms with E-state index in [4.69, 9.17) is 0 Å². The van der Waals surface area contributed by atoms with E-state index in [0.29, 0.717) is 5.92 Å². The molecule has 0 nitrogen and oxygen atoms in total. The molecule has 1 aromatic rings. The van der Waals surface area contributed by atoms with Gasteiger partial charge in [0.05, 0.1) is 0 Å². The average molecular weight is 200 g/mol. The summed E-state index contributed by atoms with van der Waals surface area (Å²) < 4.78 is 0. The van der Waals surface area contributed by atoms with E-state index < -0.39 is 0 Å². The molecule has 1 aliphatic rings. The van der Waals surface area contributed by atoms with Crippen LogP contribution in [0.25, 0.3) is 6.08 Å². The Morgan fingerprint density at radius 3 is 2.60 bits per heavy atom. The van der Waals surface area contributed by atoms with Gasteiger partial charge in [0.2, 0.25) is 0 Å². The van der Waals surface area contributed by atoms with Crippen LogP contribution < -0.4 is 0 Å². The predicted molar refractivity (Wildman–Crippen MR) is 67.2 cm³/mol. The van der Waals surface area contributed by atoms with Gasteiger partial charge in [-0.3, -0.25) is 0 Å². The summed E-state index contributed by atoms with van der Waals surface area (Å²) in [6.07, 6.45) is 4.77. The molecule has 2 rings (SSSR count). The minimum absolute atomic E-state index is 0.631. The Balaban J connectivity index is 2.53. The Labute approximate surface area is 93.0 Å². The van der Waals surface area contributed by atoms with Crippen LogP contribution >= 0.6 is 0 Å². The van der Waals surface area contributed by atoms with Gasteiger partial charge in [-0.25, -0.2) is 0 Å². The molecule has 1 aromatic carbocycles. The number of aryl methyl sites for hydroxylation is 1. The molecular weight excluding hydrogens is 180 g/mol. The van der Waals surface area contributed by atoms with Crippen molar-refractivity contribution in [3.05, 3.63) is 40.0 Å². The van der Waals surface area contributed by atoms with Crippen LogP contribution in [0.3, 0.4) is 0 Å². The van der Waals surface area contributed by atoms with E-state index in [9.17, 15) is 0 Å². The fourth-order valence-corrected chi connectivity index (χ4v) is 2.43. The van der Waals surface area contributed by atoms with Gasteiger partial charge in [-0.15, -0.1) is 0 Å². The molecule has 0 bridgehead atoms. The first-order chi connectivity index (χ1) is 7.11. The Kier molecular flexibility index (Phi) is 2.68. The van der Waals surface area contributed by atoms with Crippen molar-refractivity contribution in [2.45, 2.75) is 46.5 Å². The smallest absolute Gasteiger partial charge is 0.00577 e. The first kappa shape index (κ1) is 10.5. The van der Waals surface area contributed by atoms with E-state index in [2.05, 4.69) is 45.9 Å². The van der Waals surface area contributed by atoms with Crippen LogP contribution in [0.2, 0.25) is 0 Å². The summed E-state index contributed by atoms with van der Waals surface area (Å²) in [6, 6.07) is 4.69. The zero-order chi connectivity index (χ0) is 11.0. The highest BCUT2D eigenvalue weighted by atomic mass is 14.2. The molecule has 0 amide bonds. The van der Waals surface area contributed by atoms with Crippen molar-refractivity contribution in [3.8, 4) is 0 Å². The molecule has 0 heterocycles. The summed E-state index contributed by atoms with van der Waals surface area (Å²) in [5.41, 5.74) is 7.55. The lowest BCUT2D eigenvalue weighted by molar-refractivity contribution is 0.860. The highest BCUT2D eigenvalue weighted by Gasteiger charge is 2.16. The molecule has 0 fully saturated rings. The summed E-state index contributed by atoms with van der Waals surface area (Å²) in [4.78, 5) is 0.